The number of esters is 1. The number of nitrogens with one attached hydrogen (secondary N) is 1. The largest absolute Gasteiger partial charge is 0.471 e. The van der Waals surface area contributed by atoms with Gasteiger partial charge in [-0.2, -0.15) is 13.2 Å². The summed E-state index contributed by atoms with van der Waals surface area (Å²) in [6, 6.07) is 1.27. The van der Waals surface area contributed by atoms with Crippen LogP contribution in [0.2, 0.25) is 0 Å². The van der Waals surface area contributed by atoms with E-state index in [-0.39, 0.29) is 6.54 Å². The molecule has 0 aromatic heterocycles. The van der Waals surface area contributed by atoms with Gasteiger partial charge >= 0.3 is 24.1 Å². The van der Waals surface area contributed by atoms with Crippen LogP contribution >= 0.6 is 0 Å². The van der Waals surface area contributed by atoms with Crippen molar-refractivity contribution in [3.8, 4) is 11.8 Å². The number of alkyl halides is 3. The number of rotatable bonds is 2. The number of ether oxygens (including phenoxy) is 1. The average molecular weight is 416 g/mol. The molecule has 1 aromatic rings. The van der Waals surface area contributed by atoms with Crippen molar-refractivity contribution in [2.24, 2.45) is 0 Å². The number of anilines is 1. The molecule has 0 saturated carbocycles. The number of carboxylic acid groups (broad SMARTS) is 1. The molecular weight excluding hydrogens is 400 g/mol. The van der Waals surface area contributed by atoms with E-state index in [4.69, 9.17) is 0 Å². The molecule has 1 saturated heterocycles. The molecule has 1 aliphatic heterocycles. The maximum atomic E-state index is 13.9. The lowest BCUT2D eigenvalue weighted by Gasteiger charge is -2.27. The Balaban J connectivity index is 2.61. The van der Waals surface area contributed by atoms with Gasteiger partial charge in [0.1, 0.15) is 11.4 Å². The minimum absolute atomic E-state index is 0.200. The Morgan fingerprint density at radius 2 is 1.97 bits per heavy atom. The fourth-order valence-corrected chi connectivity index (χ4v) is 2.90. The van der Waals surface area contributed by atoms with Crippen molar-refractivity contribution >= 4 is 23.7 Å². The SMILES string of the molecule is COC(=O)c1cc(F)cc(NC(=O)C(F)(F)F)c1C#CC1(C)CCCN1C(=O)O. The highest BCUT2D eigenvalue weighted by molar-refractivity contribution is 6.00. The Hall–Kier alpha value is -3.29. The van der Waals surface area contributed by atoms with E-state index in [9.17, 15) is 37.1 Å². The van der Waals surface area contributed by atoms with Crippen molar-refractivity contribution in [2.45, 2.75) is 31.5 Å². The van der Waals surface area contributed by atoms with E-state index in [1.165, 1.54) is 12.2 Å². The van der Waals surface area contributed by atoms with Crippen molar-refractivity contribution in [1.29, 1.82) is 0 Å². The summed E-state index contributed by atoms with van der Waals surface area (Å²) in [7, 11) is 0.975. The van der Waals surface area contributed by atoms with Crippen molar-refractivity contribution < 1.29 is 41.8 Å². The molecule has 2 rings (SSSR count). The van der Waals surface area contributed by atoms with Crippen LogP contribution in [-0.4, -0.2) is 53.3 Å². The van der Waals surface area contributed by atoms with Gasteiger partial charge in [-0.3, -0.25) is 9.69 Å². The van der Waals surface area contributed by atoms with Crippen LogP contribution in [-0.2, 0) is 9.53 Å². The predicted molar refractivity (Wildman–Crippen MR) is 91.7 cm³/mol. The number of benzene rings is 1. The van der Waals surface area contributed by atoms with E-state index in [1.807, 2.05) is 0 Å². The van der Waals surface area contributed by atoms with Crippen LogP contribution in [0.15, 0.2) is 12.1 Å². The van der Waals surface area contributed by atoms with Crippen molar-refractivity contribution in [2.75, 3.05) is 19.0 Å². The molecule has 0 radical (unpaired) electrons. The number of hydrogen-bond donors (Lipinski definition) is 2. The minimum atomic E-state index is -5.26. The zero-order valence-corrected chi connectivity index (χ0v) is 15.3. The highest BCUT2D eigenvalue weighted by Crippen LogP contribution is 2.30. The van der Waals surface area contributed by atoms with Crippen LogP contribution in [0.25, 0.3) is 0 Å². The first-order valence-corrected chi connectivity index (χ1v) is 8.23. The summed E-state index contributed by atoms with van der Waals surface area (Å²) in [4.78, 5) is 35.7. The smallest absolute Gasteiger partial charge is 0.465 e. The number of carbonyl (C=O) groups is 3. The molecule has 0 bridgehead atoms. The Morgan fingerprint density at radius 1 is 1.31 bits per heavy atom. The normalized spacial score (nSPS) is 18.6. The number of nitrogens with zero attached hydrogens (tertiary/aromatic N) is 1. The van der Waals surface area contributed by atoms with Gasteiger partial charge in [0.05, 0.1) is 23.9 Å². The predicted octanol–water partition coefficient (Wildman–Crippen LogP) is 3.00. The average Bonchev–Trinajstić information content (AvgIpc) is 3.01. The van der Waals surface area contributed by atoms with Crippen LogP contribution in [0.5, 0.6) is 0 Å². The molecule has 1 aromatic carbocycles. The van der Waals surface area contributed by atoms with Crippen LogP contribution in [0.1, 0.15) is 35.7 Å². The van der Waals surface area contributed by atoms with Crippen molar-refractivity contribution in [3.63, 3.8) is 0 Å². The molecular formula is C18H16F4N2O5. The minimum Gasteiger partial charge on any atom is -0.465 e. The molecule has 11 heteroatoms. The summed E-state index contributed by atoms with van der Waals surface area (Å²) in [5, 5.41) is 10.8. The van der Waals surface area contributed by atoms with E-state index < -0.39 is 52.3 Å². The third kappa shape index (κ3) is 4.77. The topological polar surface area (TPSA) is 95.9 Å². The summed E-state index contributed by atoms with van der Waals surface area (Å²) in [6.07, 6.45) is -5.66. The van der Waals surface area contributed by atoms with Gasteiger partial charge in [-0.25, -0.2) is 14.0 Å². The zero-order chi connectivity index (χ0) is 22.0. The fraction of sp³-hybridized carbons (Fsp3) is 0.389. The molecule has 2 N–H and O–H groups in total. The molecule has 29 heavy (non-hydrogen) atoms. The first-order chi connectivity index (χ1) is 13.4. The lowest BCUT2D eigenvalue weighted by atomic mass is 9.97. The maximum Gasteiger partial charge on any atom is 0.471 e. The summed E-state index contributed by atoms with van der Waals surface area (Å²) in [5.41, 5.74) is -2.81. The number of likely N-dealkylation sites (tertiary alicyclic amines) is 1. The van der Waals surface area contributed by atoms with Crippen molar-refractivity contribution in [3.05, 3.63) is 29.1 Å². The molecule has 1 unspecified atom stereocenters. The third-order valence-electron chi connectivity index (χ3n) is 4.34. The van der Waals surface area contributed by atoms with Gasteiger partial charge < -0.3 is 15.2 Å². The molecule has 7 nitrogen and oxygen atoms in total. The highest BCUT2D eigenvalue weighted by atomic mass is 19.4. The van der Waals surface area contributed by atoms with E-state index >= 15 is 0 Å². The molecule has 156 valence electrons. The van der Waals surface area contributed by atoms with E-state index in [1.54, 1.807) is 0 Å². The van der Waals surface area contributed by atoms with Gasteiger partial charge in [-0.05, 0) is 31.9 Å². The van der Waals surface area contributed by atoms with Gasteiger partial charge in [0.25, 0.3) is 0 Å². The summed E-state index contributed by atoms with van der Waals surface area (Å²) in [5.74, 6) is 0.487. The van der Waals surface area contributed by atoms with Gasteiger partial charge in [-0.15, -0.1) is 0 Å². The lowest BCUT2D eigenvalue weighted by molar-refractivity contribution is -0.167. The number of halogens is 4. The second-order valence-corrected chi connectivity index (χ2v) is 6.38. The molecule has 1 aliphatic rings. The van der Waals surface area contributed by atoms with Gasteiger partial charge in [0.15, 0.2) is 0 Å². The van der Waals surface area contributed by atoms with Crippen molar-refractivity contribution in [1.82, 2.24) is 4.90 Å². The Morgan fingerprint density at radius 3 is 2.52 bits per heavy atom. The number of amides is 2. The van der Waals surface area contributed by atoms with E-state index in [0.29, 0.717) is 25.0 Å². The van der Waals surface area contributed by atoms with Crippen LogP contribution in [0, 0.1) is 17.7 Å². The maximum absolute atomic E-state index is 13.9. The van der Waals surface area contributed by atoms with E-state index in [2.05, 4.69) is 16.6 Å². The van der Waals surface area contributed by atoms with Crippen LogP contribution in [0.3, 0.4) is 0 Å². The second kappa shape index (κ2) is 7.98. The van der Waals surface area contributed by atoms with Gasteiger partial charge in [0.2, 0.25) is 0 Å². The number of hydrogen-bond acceptors (Lipinski definition) is 4. The standard InChI is InChI=1S/C18H16F4N2O5/c1-17(5-3-7-24(17)16(27)28)6-4-11-12(14(25)29-2)8-10(19)9-13(11)23-15(26)18(20,21)22/h8-9H,3,5,7H2,1-2H3,(H,23,26)(H,27,28). The Kier molecular flexibility index (Phi) is 6.06. The number of carbonyl (C=O) groups excluding carboxylic acids is 2. The first-order valence-electron chi connectivity index (χ1n) is 8.23. The molecule has 1 atom stereocenters. The van der Waals surface area contributed by atoms with E-state index in [0.717, 1.165) is 12.0 Å². The highest BCUT2D eigenvalue weighted by Gasteiger charge is 2.40. The molecule has 2 amide bonds. The fourth-order valence-electron chi connectivity index (χ4n) is 2.90. The summed E-state index contributed by atoms with van der Waals surface area (Å²) < 4.78 is 56.2. The molecule has 0 aliphatic carbocycles. The lowest BCUT2D eigenvalue weighted by Crippen LogP contribution is -2.43. The zero-order valence-electron chi connectivity index (χ0n) is 15.3. The quantitative estimate of drug-likeness (QED) is 0.439. The third-order valence-corrected chi connectivity index (χ3v) is 4.34. The second-order valence-electron chi connectivity index (χ2n) is 6.38. The molecule has 0 spiro atoms. The monoisotopic (exact) mass is 416 g/mol. The van der Waals surface area contributed by atoms with Crippen LogP contribution < -0.4 is 5.32 Å². The molecule has 1 heterocycles. The molecule has 1 fully saturated rings. The van der Waals surface area contributed by atoms with Gasteiger partial charge in [0, 0.05) is 6.54 Å². The Labute approximate surface area is 162 Å². The number of methoxy groups -OCH3 is 1. The summed E-state index contributed by atoms with van der Waals surface area (Å²) >= 11 is 0. The van der Waals surface area contributed by atoms with Crippen LogP contribution in [0.4, 0.5) is 28.0 Å². The van der Waals surface area contributed by atoms with Gasteiger partial charge in [-0.1, -0.05) is 11.8 Å². The summed E-state index contributed by atoms with van der Waals surface area (Å²) in [6.45, 7) is 1.71. The first kappa shape index (κ1) is 22.0. The Bertz CT molecular complexity index is 919.